The molecule has 110 valence electrons. The van der Waals surface area contributed by atoms with Crippen LogP contribution in [0.4, 0.5) is 0 Å². The van der Waals surface area contributed by atoms with E-state index in [4.69, 9.17) is 16.3 Å². The molecule has 0 saturated carbocycles. The monoisotopic (exact) mass is 324 g/mol. The maximum absolute atomic E-state index is 12.4. The van der Waals surface area contributed by atoms with Crippen LogP contribution in [0, 0.1) is 0 Å². The molecule has 2 aromatic rings. The Labute approximate surface area is 128 Å². The first-order valence-corrected chi connectivity index (χ1v) is 8.21. The van der Waals surface area contributed by atoms with Crippen LogP contribution in [0.5, 0.6) is 5.88 Å². The van der Waals surface area contributed by atoms with Crippen molar-refractivity contribution in [2.45, 2.75) is 11.0 Å². The molecule has 1 aromatic heterocycles. The topological polar surface area (TPSA) is 59.5 Å². The quantitative estimate of drug-likeness (QED) is 0.865. The Morgan fingerprint density at radius 2 is 2.00 bits per heavy atom. The second kappa shape index (κ2) is 5.63. The molecule has 0 aliphatic carbocycles. The number of ether oxygens (including phenoxy) is 1. The fourth-order valence-corrected chi connectivity index (χ4v) is 3.84. The van der Waals surface area contributed by atoms with Crippen molar-refractivity contribution in [3.05, 3.63) is 53.7 Å². The first-order valence-electron chi connectivity index (χ1n) is 6.39. The van der Waals surface area contributed by atoms with Gasteiger partial charge < -0.3 is 4.74 Å². The fraction of sp³-hybridized carbons (Fsp3) is 0.214. The van der Waals surface area contributed by atoms with Gasteiger partial charge in [0.15, 0.2) is 0 Å². The molecule has 7 heteroatoms. The van der Waals surface area contributed by atoms with E-state index in [1.54, 1.807) is 30.5 Å². The highest BCUT2D eigenvalue weighted by Crippen LogP contribution is 2.25. The number of aromatic nitrogens is 1. The normalized spacial score (nSPS) is 16.4. The van der Waals surface area contributed by atoms with E-state index in [0.29, 0.717) is 24.0 Å². The van der Waals surface area contributed by atoms with Crippen molar-refractivity contribution in [2.24, 2.45) is 0 Å². The Bertz CT molecular complexity index is 731. The lowest BCUT2D eigenvalue weighted by molar-refractivity contribution is 0.0721. The summed E-state index contributed by atoms with van der Waals surface area (Å²) in [5.74, 6) is 0.502. The number of hydrogen-bond donors (Lipinski definition) is 0. The lowest BCUT2D eigenvalue weighted by Crippen LogP contribution is -2.56. The molecule has 5 nitrogen and oxygen atoms in total. The molecule has 1 saturated heterocycles. The van der Waals surface area contributed by atoms with Crippen molar-refractivity contribution in [3.8, 4) is 5.88 Å². The summed E-state index contributed by atoms with van der Waals surface area (Å²) >= 11 is 5.84. The van der Waals surface area contributed by atoms with Crippen LogP contribution in [-0.4, -0.2) is 36.9 Å². The molecule has 1 aromatic carbocycles. The number of benzene rings is 1. The van der Waals surface area contributed by atoms with Gasteiger partial charge in [0.1, 0.15) is 6.10 Å². The predicted octanol–water partition coefficient (Wildman–Crippen LogP) is 2.19. The first kappa shape index (κ1) is 14.3. The SMILES string of the molecule is O=S(=O)(c1cccc(Cl)c1)N1CC(Oc2ccccn2)C1. The average molecular weight is 325 g/mol. The van der Waals surface area contributed by atoms with Gasteiger partial charge in [-0.15, -0.1) is 0 Å². The second-order valence-electron chi connectivity index (χ2n) is 4.69. The minimum Gasteiger partial charge on any atom is -0.472 e. The molecule has 2 heterocycles. The van der Waals surface area contributed by atoms with E-state index in [1.807, 2.05) is 6.07 Å². The van der Waals surface area contributed by atoms with E-state index in [-0.39, 0.29) is 11.0 Å². The minimum absolute atomic E-state index is 0.172. The van der Waals surface area contributed by atoms with Crippen molar-refractivity contribution in [1.29, 1.82) is 0 Å². The van der Waals surface area contributed by atoms with Crippen LogP contribution in [0.1, 0.15) is 0 Å². The van der Waals surface area contributed by atoms with Gasteiger partial charge in [0.25, 0.3) is 0 Å². The molecule has 0 atom stereocenters. The lowest BCUT2D eigenvalue weighted by Gasteiger charge is -2.37. The third kappa shape index (κ3) is 3.02. The van der Waals surface area contributed by atoms with Crippen LogP contribution >= 0.6 is 11.6 Å². The molecule has 0 spiro atoms. The molecular formula is C14H13ClN2O3S. The number of sulfonamides is 1. The largest absolute Gasteiger partial charge is 0.472 e. The van der Waals surface area contributed by atoms with Crippen LogP contribution in [0.3, 0.4) is 0 Å². The molecule has 1 aliphatic rings. The van der Waals surface area contributed by atoms with Gasteiger partial charge in [-0.3, -0.25) is 0 Å². The van der Waals surface area contributed by atoms with Crippen molar-refractivity contribution in [2.75, 3.05) is 13.1 Å². The Morgan fingerprint density at radius 1 is 1.19 bits per heavy atom. The fourth-order valence-electron chi connectivity index (χ4n) is 2.04. The standard InChI is InChI=1S/C14H13ClN2O3S/c15-11-4-3-5-13(8-11)21(18,19)17-9-12(10-17)20-14-6-1-2-7-16-14/h1-8,12H,9-10H2. The zero-order valence-corrected chi connectivity index (χ0v) is 12.6. The van der Waals surface area contributed by atoms with E-state index in [9.17, 15) is 8.42 Å². The summed E-state index contributed by atoms with van der Waals surface area (Å²) < 4.78 is 31.7. The van der Waals surface area contributed by atoms with Crippen molar-refractivity contribution in [3.63, 3.8) is 0 Å². The number of halogens is 1. The van der Waals surface area contributed by atoms with E-state index in [0.717, 1.165) is 0 Å². The highest BCUT2D eigenvalue weighted by molar-refractivity contribution is 7.89. The summed E-state index contributed by atoms with van der Waals surface area (Å²) in [5.41, 5.74) is 0. The summed E-state index contributed by atoms with van der Waals surface area (Å²) in [6.07, 6.45) is 1.46. The van der Waals surface area contributed by atoms with Crippen LogP contribution in [-0.2, 0) is 10.0 Å². The zero-order chi connectivity index (χ0) is 14.9. The van der Waals surface area contributed by atoms with Gasteiger partial charge in [-0.25, -0.2) is 13.4 Å². The first-order chi connectivity index (χ1) is 10.1. The molecule has 0 unspecified atom stereocenters. The minimum atomic E-state index is -3.50. The van der Waals surface area contributed by atoms with Gasteiger partial charge in [-0.05, 0) is 24.3 Å². The molecule has 0 amide bonds. The van der Waals surface area contributed by atoms with Gasteiger partial charge in [-0.2, -0.15) is 4.31 Å². The maximum atomic E-state index is 12.4. The van der Waals surface area contributed by atoms with Gasteiger partial charge >= 0.3 is 0 Å². The zero-order valence-electron chi connectivity index (χ0n) is 11.0. The van der Waals surface area contributed by atoms with Crippen LogP contribution < -0.4 is 4.74 Å². The molecule has 1 fully saturated rings. The molecule has 21 heavy (non-hydrogen) atoms. The van der Waals surface area contributed by atoms with E-state index in [2.05, 4.69) is 4.98 Å². The summed E-state index contributed by atoms with van der Waals surface area (Å²) in [5, 5.41) is 0.401. The molecule has 3 rings (SSSR count). The maximum Gasteiger partial charge on any atom is 0.243 e. The van der Waals surface area contributed by atoms with Crippen LogP contribution in [0.25, 0.3) is 0 Å². The molecule has 0 N–H and O–H groups in total. The summed E-state index contributed by atoms with van der Waals surface area (Å²) in [6.45, 7) is 0.622. The third-order valence-electron chi connectivity index (χ3n) is 3.17. The van der Waals surface area contributed by atoms with Crippen molar-refractivity contribution < 1.29 is 13.2 Å². The van der Waals surface area contributed by atoms with E-state index >= 15 is 0 Å². The Kier molecular flexibility index (Phi) is 3.84. The Morgan fingerprint density at radius 3 is 2.67 bits per heavy atom. The number of hydrogen-bond acceptors (Lipinski definition) is 4. The van der Waals surface area contributed by atoms with E-state index < -0.39 is 10.0 Å². The molecule has 1 aliphatic heterocycles. The number of rotatable bonds is 4. The summed E-state index contributed by atoms with van der Waals surface area (Å²) in [7, 11) is -3.50. The predicted molar refractivity (Wildman–Crippen MR) is 78.9 cm³/mol. The van der Waals surface area contributed by atoms with Gasteiger partial charge in [0, 0.05) is 17.3 Å². The van der Waals surface area contributed by atoms with Crippen molar-refractivity contribution in [1.82, 2.24) is 9.29 Å². The van der Waals surface area contributed by atoms with Gasteiger partial charge in [0.05, 0.1) is 18.0 Å². The summed E-state index contributed by atoms with van der Waals surface area (Å²) in [6, 6.07) is 11.6. The molecule has 0 bridgehead atoms. The highest BCUT2D eigenvalue weighted by atomic mass is 35.5. The lowest BCUT2D eigenvalue weighted by atomic mass is 10.2. The van der Waals surface area contributed by atoms with E-state index in [1.165, 1.54) is 16.4 Å². The van der Waals surface area contributed by atoms with Crippen molar-refractivity contribution >= 4 is 21.6 Å². The van der Waals surface area contributed by atoms with Crippen LogP contribution in [0.15, 0.2) is 53.6 Å². The van der Waals surface area contributed by atoms with Gasteiger partial charge in [-0.1, -0.05) is 23.7 Å². The number of pyridine rings is 1. The molecule has 0 radical (unpaired) electrons. The number of nitrogens with zero attached hydrogens (tertiary/aromatic N) is 2. The average Bonchev–Trinajstić information content (AvgIpc) is 2.43. The Balaban J connectivity index is 1.65. The van der Waals surface area contributed by atoms with Crippen LogP contribution in [0.2, 0.25) is 5.02 Å². The molecular weight excluding hydrogens is 312 g/mol. The highest BCUT2D eigenvalue weighted by Gasteiger charge is 2.38. The van der Waals surface area contributed by atoms with Gasteiger partial charge in [0.2, 0.25) is 15.9 Å². The third-order valence-corrected chi connectivity index (χ3v) is 5.24. The second-order valence-corrected chi connectivity index (χ2v) is 7.06. The Hall–Kier alpha value is -1.63. The smallest absolute Gasteiger partial charge is 0.243 e. The summed E-state index contributed by atoms with van der Waals surface area (Å²) in [4.78, 5) is 4.25.